The zero-order valence-electron chi connectivity index (χ0n) is 19.4. The maximum atomic E-state index is 12.9. The number of carbonyl (C=O) groups excluding carboxylic acids is 2. The largest absolute Gasteiger partial charge is 0.485 e. The number of hydrogen-bond donors (Lipinski definition) is 1. The molecule has 2 aromatic heterocycles. The number of furan rings is 1. The highest BCUT2D eigenvalue weighted by atomic mass is 32.1. The van der Waals surface area contributed by atoms with Crippen LogP contribution in [0.5, 0.6) is 5.75 Å². The van der Waals surface area contributed by atoms with Gasteiger partial charge >= 0.3 is 5.97 Å². The van der Waals surface area contributed by atoms with E-state index in [4.69, 9.17) is 13.9 Å². The van der Waals surface area contributed by atoms with Crippen LogP contribution in [0.15, 0.2) is 53.5 Å². The number of benzene rings is 1. The Bertz CT molecular complexity index is 1180. The van der Waals surface area contributed by atoms with Gasteiger partial charge in [0.05, 0.1) is 12.2 Å². The topological polar surface area (TPSA) is 77.8 Å². The highest BCUT2D eigenvalue weighted by Crippen LogP contribution is 2.39. The van der Waals surface area contributed by atoms with Crippen molar-refractivity contribution in [3.05, 3.63) is 82.1 Å². The van der Waals surface area contributed by atoms with Crippen molar-refractivity contribution < 1.29 is 23.5 Å². The Morgan fingerprint density at radius 1 is 1.18 bits per heavy atom. The summed E-state index contributed by atoms with van der Waals surface area (Å²) in [5, 5.41) is 3.42. The van der Waals surface area contributed by atoms with Crippen molar-refractivity contribution in [2.24, 2.45) is 0 Å². The number of fused-ring (bicyclic) bond motifs is 1. The molecule has 0 radical (unpaired) electrons. The van der Waals surface area contributed by atoms with Gasteiger partial charge in [-0.1, -0.05) is 31.2 Å². The molecule has 0 aliphatic heterocycles. The quantitative estimate of drug-likeness (QED) is 0.271. The molecule has 0 unspecified atom stereocenters. The minimum atomic E-state index is -0.401. The molecule has 6 nitrogen and oxygen atoms in total. The van der Waals surface area contributed by atoms with E-state index in [0.29, 0.717) is 29.4 Å². The molecule has 4 rings (SSSR count). The van der Waals surface area contributed by atoms with E-state index in [9.17, 15) is 9.59 Å². The second-order valence-corrected chi connectivity index (χ2v) is 9.27. The van der Waals surface area contributed by atoms with E-state index in [2.05, 4.69) is 11.9 Å². The summed E-state index contributed by atoms with van der Waals surface area (Å²) in [6, 6.07) is 11.1. The van der Waals surface area contributed by atoms with Crippen LogP contribution in [0.1, 0.15) is 68.9 Å². The second-order valence-electron chi connectivity index (χ2n) is 8.16. The number of carbonyl (C=O) groups is 2. The molecule has 0 saturated heterocycles. The predicted octanol–water partition coefficient (Wildman–Crippen LogP) is 6.35. The van der Waals surface area contributed by atoms with Crippen LogP contribution in [-0.2, 0) is 30.6 Å². The summed E-state index contributed by atoms with van der Waals surface area (Å²) in [5.74, 6) is 0.678. The van der Waals surface area contributed by atoms with Crippen LogP contribution in [0.4, 0.5) is 5.00 Å². The van der Waals surface area contributed by atoms with Gasteiger partial charge in [0.25, 0.3) is 5.91 Å². The lowest BCUT2D eigenvalue weighted by molar-refractivity contribution is 0.0505. The monoisotopic (exact) mass is 479 g/mol. The molecule has 3 aromatic rings. The van der Waals surface area contributed by atoms with Gasteiger partial charge in [0, 0.05) is 4.88 Å². The normalized spacial score (nSPS) is 12.6. The number of para-hydroxylation sites is 1. The molecule has 0 bridgehead atoms. The predicted molar refractivity (Wildman–Crippen MR) is 133 cm³/mol. The van der Waals surface area contributed by atoms with E-state index >= 15 is 0 Å². The zero-order chi connectivity index (χ0) is 23.9. The van der Waals surface area contributed by atoms with Crippen molar-refractivity contribution in [2.45, 2.75) is 52.1 Å². The summed E-state index contributed by atoms with van der Waals surface area (Å²) in [6.07, 6.45) is 7.13. The number of rotatable bonds is 10. The highest BCUT2D eigenvalue weighted by Gasteiger charge is 2.28. The number of amides is 1. The van der Waals surface area contributed by atoms with Gasteiger partial charge in [0.1, 0.15) is 23.1 Å². The molecule has 0 atom stereocenters. The van der Waals surface area contributed by atoms with Crippen molar-refractivity contribution in [1.29, 1.82) is 0 Å². The van der Waals surface area contributed by atoms with Crippen LogP contribution in [0, 0.1) is 0 Å². The first-order chi connectivity index (χ1) is 16.6. The van der Waals surface area contributed by atoms with Crippen LogP contribution in [0.25, 0.3) is 0 Å². The first kappa shape index (κ1) is 23.8. The number of thiophene rings is 1. The third kappa shape index (κ3) is 5.42. The minimum absolute atomic E-state index is 0.164. The summed E-state index contributed by atoms with van der Waals surface area (Å²) in [7, 11) is 0. The number of hydrogen-bond acceptors (Lipinski definition) is 6. The average molecular weight is 480 g/mol. The molecular weight excluding hydrogens is 450 g/mol. The Balaban J connectivity index is 1.46. The van der Waals surface area contributed by atoms with Crippen LogP contribution in [0.3, 0.4) is 0 Å². The lowest BCUT2D eigenvalue weighted by atomic mass is 9.95. The van der Waals surface area contributed by atoms with Crippen LogP contribution < -0.4 is 10.1 Å². The Hall–Kier alpha value is -3.32. The van der Waals surface area contributed by atoms with E-state index in [1.807, 2.05) is 37.3 Å². The summed E-state index contributed by atoms with van der Waals surface area (Å²) >= 11 is 1.46. The fourth-order valence-electron chi connectivity index (χ4n) is 4.00. The molecule has 1 aromatic carbocycles. The molecular formula is C27H29NO5S. The van der Waals surface area contributed by atoms with Crippen LogP contribution in [0.2, 0.25) is 0 Å². The standard InChI is InChI=1S/C27H29NO5S/c1-3-9-18-10-5-7-12-21(18)32-17-19-14-15-22(33-19)25(29)28-26-24(27(30)31-16-4-2)20-11-6-8-13-23(20)34-26/h3,5,7,10,12,14-15H,1,4,6,8-9,11,13,16-17H2,2H3,(H,28,29). The summed E-state index contributed by atoms with van der Waals surface area (Å²) in [6.45, 7) is 6.29. The highest BCUT2D eigenvalue weighted by molar-refractivity contribution is 7.17. The van der Waals surface area contributed by atoms with Crippen molar-refractivity contribution in [3.63, 3.8) is 0 Å². The van der Waals surface area contributed by atoms with Crippen molar-refractivity contribution >= 4 is 28.2 Å². The molecule has 1 amide bonds. The molecule has 1 N–H and O–H groups in total. The Kier molecular flexibility index (Phi) is 7.85. The number of ether oxygens (including phenoxy) is 2. The van der Waals surface area contributed by atoms with Crippen molar-refractivity contribution in [1.82, 2.24) is 0 Å². The summed E-state index contributed by atoms with van der Waals surface area (Å²) in [5.41, 5.74) is 2.54. The smallest absolute Gasteiger partial charge is 0.341 e. The van der Waals surface area contributed by atoms with Gasteiger partial charge in [-0.3, -0.25) is 4.79 Å². The van der Waals surface area contributed by atoms with Gasteiger partial charge in [-0.15, -0.1) is 17.9 Å². The average Bonchev–Trinajstić information content (AvgIpc) is 3.47. The Labute approximate surface area is 203 Å². The fraction of sp³-hybridized carbons (Fsp3) is 0.333. The number of aryl methyl sites for hydroxylation is 1. The van der Waals surface area contributed by atoms with Gasteiger partial charge in [-0.25, -0.2) is 4.79 Å². The maximum Gasteiger partial charge on any atom is 0.341 e. The summed E-state index contributed by atoms with van der Waals surface area (Å²) < 4.78 is 17.0. The molecule has 0 fully saturated rings. The third-order valence-electron chi connectivity index (χ3n) is 5.63. The van der Waals surface area contributed by atoms with E-state index in [0.717, 1.165) is 53.9 Å². The number of anilines is 1. The molecule has 34 heavy (non-hydrogen) atoms. The Morgan fingerprint density at radius 2 is 2.00 bits per heavy atom. The lowest BCUT2D eigenvalue weighted by Gasteiger charge is -2.12. The third-order valence-corrected chi connectivity index (χ3v) is 6.84. The van der Waals surface area contributed by atoms with E-state index in [1.165, 1.54) is 11.3 Å². The van der Waals surface area contributed by atoms with Gasteiger partial charge in [-0.2, -0.15) is 0 Å². The van der Waals surface area contributed by atoms with Gasteiger partial charge in [-0.05, 0) is 67.9 Å². The molecule has 7 heteroatoms. The fourth-order valence-corrected chi connectivity index (χ4v) is 5.27. The number of nitrogens with one attached hydrogen (secondary N) is 1. The van der Waals surface area contributed by atoms with Gasteiger partial charge < -0.3 is 19.2 Å². The zero-order valence-corrected chi connectivity index (χ0v) is 20.2. The number of allylic oxidation sites excluding steroid dienone is 1. The van der Waals surface area contributed by atoms with Crippen LogP contribution in [-0.4, -0.2) is 18.5 Å². The van der Waals surface area contributed by atoms with E-state index in [-0.39, 0.29) is 18.3 Å². The first-order valence-corrected chi connectivity index (χ1v) is 12.5. The maximum absolute atomic E-state index is 12.9. The first-order valence-electron chi connectivity index (χ1n) is 11.6. The summed E-state index contributed by atoms with van der Waals surface area (Å²) in [4.78, 5) is 26.9. The SMILES string of the molecule is C=CCc1ccccc1OCc1ccc(C(=O)Nc2sc3c(c2C(=O)OCCC)CCCC3)o1. The van der Waals surface area contributed by atoms with Crippen molar-refractivity contribution in [3.8, 4) is 5.75 Å². The Morgan fingerprint density at radius 3 is 2.82 bits per heavy atom. The second kappa shape index (κ2) is 11.2. The minimum Gasteiger partial charge on any atom is -0.485 e. The van der Waals surface area contributed by atoms with E-state index < -0.39 is 5.91 Å². The molecule has 0 saturated carbocycles. The molecule has 1 aliphatic rings. The van der Waals surface area contributed by atoms with Gasteiger partial charge in [0.2, 0.25) is 0 Å². The van der Waals surface area contributed by atoms with Crippen LogP contribution >= 0.6 is 11.3 Å². The molecule has 2 heterocycles. The van der Waals surface area contributed by atoms with Gasteiger partial charge in [0.15, 0.2) is 5.76 Å². The lowest BCUT2D eigenvalue weighted by Crippen LogP contribution is -2.15. The molecule has 1 aliphatic carbocycles. The number of esters is 1. The van der Waals surface area contributed by atoms with Crippen molar-refractivity contribution in [2.75, 3.05) is 11.9 Å². The molecule has 0 spiro atoms. The molecule has 178 valence electrons. The van der Waals surface area contributed by atoms with E-state index in [1.54, 1.807) is 12.1 Å².